The summed E-state index contributed by atoms with van der Waals surface area (Å²) in [4.78, 5) is 12.3. The molecule has 0 saturated carbocycles. The molecule has 0 fully saturated rings. The van der Waals surface area contributed by atoms with E-state index in [0.717, 1.165) is 5.56 Å². The van der Waals surface area contributed by atoms with Crippen LogP contribution >= 0.6 is 0 Å². The van der Waals surface area contributed by atoms with Gasteiger partial charge < -0.3 is 14.8 Å². The second-order valence-electron chi connectivity index (χ2n) is 5.40. The number of carbonyl (C=O) groups is 1. The van der Waals surface area contributed by atoms with Gasteiger partial charge in [0.05, 0.1) is 7.11 Å². The second kappa shape index (κ2) is 8.22. The molecule has 0 saturated heterocycles. The average Bonchev–Trinajstić information content (AvgIpc) is 2.59. The van der Waals surface area contributed by atoms with E-state index in [4.69, 9.17) is 9.47 Å². The third-order valence-corrected chi connectivity index (χ3v) is 3.57. The largest absolute Gasteiger partial charge is 0.497 e. The van der Waals surface area contributed by atoms with E-state index in [0.29, 0.717) is 24.5 Å². The summed E-state index contributed by atoms with van der Waals surface area (Å²) in [6, 6.07) is 15.4. The van der Waals surface area contributed by atoms with Crippen LogP contribution in [0.2, 0.25) is 0 Å². The predicted molar refractivity (Wildman–Crippen MR) is 90.7 cm³/mol. The third kappa shape index (κ3) is 5.02. The number of benzene rings is 2. The predicted octanol–water partition coefficient (Wildman–Crippen LogP) is 3.48. The van der Waals surface area contributed by atoms with Gasteiger partial charge in [0.2, 0.25) is 0 Å². The standard InChI is InChI=1S/C19H23NO3/c1-4-18(23-17-7-5-6-16(12-17)22-3)19(21)20-13-15-10-8-14(2)9-11-15/h5-12,18H,4,13H2,1-3H3,(H,20,21)/t18-/m1/s1. The van der Waals surface area contributed by atoms with Crippen molar-refractivity contribution >= 4 is 5.91 Å². The Labute approximate surface area is 137 Å². The molecular formula is C19H23NO3. The number of nitrogens with one attached hydrogen (secondary N) is 1. The number of rotatable bonds is 7. The van der Waals surface area contributed by atoms with E-state index < -0.39 is 6.10 Å². The fourth-order valence-electron chi connectivity index (χ4n) is 2.17. The highest BCUT2D eigenvalue weighted by molar-refractivity contribution is 5.81. The number of carbonyl (C=O) groups excluding carboxylic acids is 1. The lowest BCUT2D eigenvalue weighted by molar-refractivity contribution is -0.128. The molecule has 0 spiro atoms. The third-order valence-electron chi connectivity index (χ3n) is 3.57. The van der Waals surface area contributed by atoms with E-state index >= 15 is 0 Å². The summed E-state index contributed by atoms with van der Waals surface area (Å²) >= 11 is 0. The molecule has 23 heavy (non-hydrogen) atoms. The minimum Gasteiger partial charge on any atom is -0.497 e. The van der Waals surface area contributed by atoms with Crippen molar-refractivity contribution in [2.24, 2.45) is 0 Å². The number of hydrogen-bond acceptors (Lipinski definition) is 3. The van der Waals surface area contributed by atoms with Crippen molar-refractivity contribution in [3.63, 3.8) is 0 Å². The van der Waals surface area contributed by atoms with Crippen molar-refractivity contribution < 1.29 is 14.3 Å². The van der Waals surface area contributed by atoms with E-state index in [1.807, 2.05) is 56.3 Å². The SMILES string of the molecule is CC[C@@H](Oc1cccc(OC)c1)C(=O)NCc1ccc(C)cc1. The van der Waals surface area contributed by atoms with Crippen molar-refractivity contribution in [3.05, 3.63) is 59.7 Å². The topological polar surface area (TPSA) is 47.6 Å². The number of ether oxygens (including phenoxy) is 2. The first-order valence-corrected chi connectivity index (χ1v) is 7.76. The molecule has 0 aromatic heterocycles. The van der Waals surface area contributed by atoms with Crippen molar-refractivity contribution in [2.45, 2.75) is 32.9 Å². The summed E-state index contributed by atoms with van der Waals surface area (Å²) in [6.45, 7) is 4.46. The molecule has 2 rings (SSSR count). The summed E-state index contributed by atoms with van der Waals surface area (Å²) in [6.07, 6.45) is 0.0734. The fourth-order valence-corrected chi connectivity index (χ4v) is 2.17. The lowest BCUT2D eigenvalue weighted by atomic mass is 10.1. The zero-order valence-electron chi connectivity index (χ0n) is 13.8. The zero-order chi connectivity index (χ0) is 16.7. The maximum Gasteiger partial charge on any atom is 0.261 e. The monoisotopic (exact) mass is 313 g/mol. The number of amides is 1. The minimum absolute atomic E-state index is 0.115. The molecule has 0 bridgehead atoms. The van der Waals surface area contributed by atoms with Gasteiger partial charge in [-0.15, -0.1) is 0 Å². The molecule has 0 heterocycles. The first-order valence-electron chi connectivity index (χ1n) is 7.76. The van der Waals surface area contributed by atoms with Crippen LogP contribution in [0, 0.1) is 6.92 Å². The molecule has 0 radical (unpaired) electrons. The van der Waals surface area contributed by atoms with Gasteiger partial charge in [-0.2, -0.15) is 0 Å². The van der Waals surface area contributed by atoms with Crippen LogP contribution in [0.1, 0.15) is 24.5 Å². The van der Waals surface area contributed by atoms with Gasteiger partial charge in [-0.3, -0.25) is 4.79 Å². The van der Waals surface area contributed by atoms with Gasteiger partial charge in [-0.25, -0.2) is 0 Å². The van der Waals surface area contributed by atoms with Crippen LogP contribution in [0.3, 0.4) is 0 Å². The maximum atomic E-state index is 12.3. The molecule has 4 heteroatoms. The molecule has 122 valence electrons. The molecule has 2 aromatic rings. The normalized spacial score (nSPS) is 11.6. The van der Waals surface area contributed by atoms with Gasteiger partial charge in [0.1, 0.15) is 11.5 Å². The smallest absolute Gasteiger partial charge is 0.261 e. The van der Waals surface area contributed by atoms with Crippen LogP contribution in [-0.4, -0.2) is 19.1 Å². The van der Waals surface area contributed by atoms with Gasteiger partial charge in [0, 0.05) is 12.6 Å². The average molecular weight is 313 g/mol. The Hall–Kier alpha value is -2.49. The number of hydrogen-bond donors (Lipinski definition) is 1. The van der Waals surface area contributed by atoms with Gasteiger partial charge in [-0.05, 0) is 31.0 Å². The van der Waals surface area contributed by atoms with E-state index in [1.165, 1.54) is 5.56 Å². The summed E-state index contributed by atoms with van der Waals surface area (Å²) in [5.41, 5.74) is 2.27. The lowest BCUT2D eigenvalue weighted by Gasteiger charge is -2.17. The number of methoxy groups -OCH3 is 1. The highest BCUT2D eigenvalue weighted by atomic mass is 16.5. The van der Waals surface area contributed by atoms with E-state index in [-0.39, 0.29) is 5.91 Å². The van der Waals surface area contributed by atoms with Crippen molar-refractivity contribution in [1.29, 1.82) is 0 Å². The summed E-state index contributed by atoms with van der Waals surface area (Å²) < 4.78 is 10.9. The number of aryl methyl sites for hydroxylation is 1. The van der Waals surface area contributed by atoms with Gasteiger partial charge in [0.25, 0.3) is 5.91 Å². The molecule has 1 N–H and O–H groups in total. The summed E-state index contributed by atoms with van der Waals surface area (Å²) in [5.74, 6) is 1.22. The molecule has 0 aliphatic carbocycles. The Morgan fingerprint density at radius 3 is 2.48 bits per heavy atom. The quantitative estimate of drug-likeness (QED) is 0.851. The molecule has 0 aliphatic heterocycles. The van der Waals surface area contributed by atoms with Crippen molar-refractivity contribution in [2.75, 3.05) is 7.11 Å². The Morgan fingerprint density at radius 1 is 1.13 bits per heavy atom. The Bertz CT molecular complexity index is 637. The van der Waals surface area contributed by atoms with Crippen molar-refractivity contribution in [3.8, 4) is 11.5 Å². The van der Waals surface area contributed by atoms with E-state index in [1.54, 1.807) is 13.2 Å². The van der Waals surface area contributed by atoms with Crippen LogP contribution < -0.4 is 14.8 Å². The van der Waals surface area contributed by atoms with Gasteiger partial charge >= 0.3 is 0 Å². The van der Waals surface area contributed by atoms with Crippen LogP contribution in [0.4, 0.5) is 0 Å². The minimum atomic E-state index is -0.521. The molecule has 4 nitrogen and oxygen atoms in total. The highest BCUT2D eigenvalue weighted by Crippen LogP contribution is 2.20. The molecule has 1 atom stereocenters. The van der Waals surface area contributed by atoms with Gasteiger partial charge in [-0.1, -0.05) is 42.8 Å². The summed E-state index contributed by atoms with van der Waals surface area (Å²) in [5, 5.41) is 2.92. The first kappa shape index (κ1) is 16.9. The Kier molecular flexibility index (Phi) is 6.03. The zero-order valence-corrected chi connectivity index (χ0v) is 13.8. The first-order chi connectivity index (χ1) is 11.1. The Balaban J connectivity index is 1.93. The molecular weight excluding hydrogens is 290 g/mol. The van der Waals surface area contributed by atoms with Crippen LogP contribution in [-0.2, 0) is 11.3 Å². The molecule has 0 aliphatic rings. The fraction of sp³-hybridized carbons (Fsp3) is 0.316. The Morgan fingerprint density at radius 2 is 1.83 bits per heavy atom. The van der Waals surface area contributed by atoms with Crippen LogP contribution in [0.25, 0.3) is 0 Å². The molecule has 1 amide bonds. The molecule has 2 aromatic carbocycles. The maximum absolute atomic E-state index is 12.3. The van der Waals surface area contributed by atoms with Gasteiger partial charge in [0.15, 0.2) is 6.10 Å². The van der Waals surface area contributed by atoms with Crippen LogP contribution in [0.15, 0.2) is 48.5 Å². The highest BCUT2D eigenvalue weighted by Gasteiger charge is 2.18. The second-order valence-corrected chi connectivity index (χ2v) is 5.40. The van der Waals surface area contributed by atoms with Crippen molar-refractivity contribution in [1.82, 2.24) is 5.32 Å². The van der Waals surface area contributed by atoms with Crippen LogP contribution in [0.5, 0.6) is 11.5 Å². The molecule has 0 unspecified atom stereocenters. The lowest BCUT2D eigenvalue weighted by Crippen LogP contribution is -2.37. The van der Waals surface area contributed by atoms with E-state index in [2.05, 4.69) is 5.32 Å². The van der Waals surface area contributed by atoms with E-state index in [9.17, 15) is 4.79 Å². The summed E-state index contributed by atoms with van der Waals surface area (Å²) in [7, 11) is 1.60.